The van der Waals surface area contributed by atoms with Crippen LogP contribution in [0, 0.1) is 23.2 Å². The monoisotopic (exact) mass is 308 g/mol. The fourth-order valence-electron chi connectivity index (χ4n) is 2.73. The van der Waals surface area contributed by atoms with E-state index in [1.807, 2.05) is 6.92 Å². The lowest BCUT2D eigenvalue weighted by atomic mass is 9.84. The second kappa shape index (κ2) is 6.82. The van der Waals surface area contributed by atoms with Gasteiger partial charge in [0.15, 0.2) is 0 Å². The summed E-state index contributed by atoms with van der Waals surface area (Å²) in [4.78, 5) is 25.3. The highest BCUT2D eigenvalue weighted by Crippen LogP contribution is 2.37. The Labute approximate surface area is 131 Å². The fourth-order valence-corrected chi connectivity index (χ4v) is 2.73. The number of likely N-dealkylation sites (tertiary alicyclic amines) is 1. The Morgan fingerprint density at radius 3 is 2.41 bits per heavy atom. The van der Waals surface area contributed by atoms with Crippen LogP contribution in [0.25, 0.3) is 0 Å². The highest BCUT2D eigenvalue weighted by atomic mass is 16.6. The first-order chi connectivity index (χ1) is 10.1. The summed E-state index contributed by atoms with van der Waals surface area (Å²) in [5.74, 6) is -0.844. The molecule has 0 saturated carbocycles. The first-order valence-electron chi connectivity index (χ1n) is 7.22. The minimum Gasteiger partial charge on any atom is -0.460 e. The van der Waals surface area contributed by atoms with Crippen molar-refractivity contribution in [3.63, 3.8) is 0 Å². The summed E-state index contributed by atoms with van der Waals surface area (Å²) in [7, 11) is 1.27. The van der Waals surface area contributed by atoms with Crippen molar-refractivity contribution in [2.24, 2.45) is 11.8 Å². The van der Waals surface area contributed by atoms with E-state index in [1.165, 1.54) is 12.0 Å². The quantitative estimate of drug-likeness (QED) is 0.591. The second-order valence-corrected chi connectivity index (χ2v) is 6.60. The van der Waals surface area contributed by atoms with Gasteiger partial charge in [-0.05, 0) is 27.7 Å². The van der Waals surface area contributed by atoms with Crippen molar-refractivity contribution in [2.45, 2.75) is 45.8 Å². The number of rotatable bonds is 3. The van der Waals surface area contributed by atoms with Crippen LogP contribution < -0.4 is 0 Å². The minimum absolute atomic E-state index is 0.0700. The Kier molecular flexibility index (Phi) is 5.59. The van der Waals surface area contributed by atoms with Crippen molar-refractivity contribution in [3.8, 4) is 6.07 Å². The first kappa shape index (κ1) is 18.0. The van der Waals surface area contributed by atoms with Gasteiger partial charge in [-0.25, -0.2) is 4.79 Å². The summed E-state index contributed by atoms with van der Waals surface area (Å²) < 4.78 is 10.0. The Balaban J connectivity index is 2.97. The molecule has 1 fully saturated rings. The molecule has 1 aliphatic heterocycles. The highest BCUT2D eigenvalue weighted by Gasteiger charge is 2.46. The molecule has 0 aromatic rings. The lowest BCUT2D eigenvalue weighted by molar-refractivity contribution is -0.156. The smallest absolute Gasteiger partial charge is 0.410 e. The number of carbonyl (C=O) groups excluding carboxylic acids is 2. The summed E-state index contributed by atoms with van der Waals surface area (Å²) >= 11 is 0. The molecule has 1 saturated heterocycles. The van der Waals surface area contributed by atoms with E-state index in [-0.39, 0.29) is 24.2 Å². The van der Waals surface area contributed by atoms with E-state index in [0.29, 0.717) is 6.54 Å². The Morgan fingerprint density at radius 1 is 1.41 bits per heavy atom. The number of carbonyl (C=O) groups is 2. The summed E-state index contributed by atoms with van der Waals surface area (Å²) in [5.41, 5.74) is 0.249. The van der Waals surface area contributed by atoms with Crippen LogP contribution in [0.1, 0.15) is 34.1 Å². The van der Waals surface area contributed by atoms with Gasteiger partial charge in [0, 0.05) is 18.4 Å². The van der Waals surface area contributed by atoms with Gasteiger partial charge in [0.2, 0.25) is 0 Å². The number of methoxy groups -OCH3 is 1. The van der Waals surface area contributed by atoms with Gasteiger partial charge in [0.05, 0.1) is 19.6 Å². The molecule has 3 atom stereocenters. The van der Waals surface area contributed by atoms with E-state index < -0.39 is 17.7 Å². The normalized spacial score (nSPS) is 24.5. The van der Waals surface area contributed by atoms with E-state index in [1.54, 1.807) is 20.8 Å². The zero-order valence-electron chi connectivity index (χ0n) is 13.9. The minimum atomic E-state index is -0.721. The molecule has 0 spiro atoms. The zero-order chi connectivity index (χ0) is 17.1. The molecule has 1 amide bonds. The molecule has 0 aliphatic carbocycles. The third kappa shape index (κ3) is 4.23. The molecule has 0 aromatic heterocycles. The van der Waals surface area contributed by atoms with Gasteiger partial charge in [0.1, 0.15) is 11.6 Å². The van der Waals surface area contributed by atoms with Crippen molar-refractivity contribution in [1.82, 2.24) is 4.90 Å². The van der Waals surface area contributed by atoms with E-state index in [2.05, 4.69) is 12.6 Å². The SMILES string of the molecule is C=C(C)[C@H]1CN(C(=O)OC)[C@@H](C#N)[C@H]1CC(=O)OC(C)(C)C. The van der Waals surface area contributed by atoms with Crippen LogP contribution in [0.3, 0.4) is 0 Å². The van der Waals surface area contributed by atoms with Crippen LogP contribution in [0.4, 0.5) is 4.79 Å². The van der Waals surface area contributed by atoms with Crippen LogP contribution in [-0.4, -0.2) is 42.3 Å². The number of nitrogens with zero attached hydrogens (tertiary/aromatic N) is 2. The molecule has 122 valence electrons. The summed E-state index contributed by atoms with van der Waals surface area (Å²) in [6.45, 7) is 11.4. The molecule has 1 heterocycles. The predicted molar refractivity (Wildman–Crippen MR) is 80.8 cm³/mol. The lowest BCUT2D eigenvalue weighted by Crippen LogP contribution is -2.37. The molecule has 22 heavy (non-hydrogen) atoms. The largest absolute Gasteiger partial charge is 0.460 e. The maximum Gasteiger partial charge on any atom is 0.410 e. The standard InChI is InChI=1S/C16H24N2O4/c1-10(2)12-9-18(15(20)21-6)13(8-17)11(12)7-14(19)22-16(3,4)5/h11-13H,1,7,9H2,2-6H3/t11-,12+,13-/m0/s1. The second-order valence-electron chi connectivity index (χ2n) is 6.60. The molecule has 0 N–H and O–H groups in total. The van der Waals surface area contributed by atoms with Gasteiger partial charge < -0.3 is 9.47 Å². The highest BCUT2D eigenvalue weighted by molar-refractivity contribution is 5.72. The summed E-state index contributed by atoms with van der Waals surface area (Å²) in [5, 5.41) is 9.42. The number of hydrogen-bond acceptors (Lipinski definition) is 5. The lowest BCUT2D eigenvalue weighted by Gasteiger charge is -2.24. The van der Waals surface area contributed by atoms with Crippen LogP contribution in [0.2, 0.25) is 0 Å². The van der Waals surface area contributed by atoms with Crippen LogP contribution in [-0.2, 0) is 14.3 Å². The Morgan fingerprint density at radius 2 is 2.00 bits per heavy atom. The van der Waals surface area contributed by atoms with Crippen molar-refractivity contribution in [1.29, 1.82) is 5.26 Å². The molecule has 6 heteroatoms. The first-order valence-corrected chi connectivity index (χ1v) is 7.22. The number of ether oxygens (including phenoxy) is 2. The van der Waals surface area contributed by atoms with Crippen molar-refractivity contribution >= 4 is 12.1 Å². The van der Waals surface area contributed by atoms with Crippen molar-refractivity contribution < 1.29 is 19.1 Å². The number of esters is 1. The predicted octanol–water partition coefficient (Wildman–Crippen LogP) is 2.50. The van der Waals surface area contributed by atoms with Crippen LogP contribution in [0.5, 0.6) is 0 Å². The molecule has 0 radical (unpaired) electrons. The maximum absolute atomic E-state index is 12.1. The van der Waals surface area contributed by atoms with E-state index in [4.69, 9.17) is 9.47 Å². The van der Waals surface area contributed by atoms with E-state index in [9.17, 15) is 14.9 Å². The number of amides is 1. The molecule has 6 nitrogen and oxygen atoms in total. The van der Waals surface area contributed by atoms with Gasteiger partial charge in [0.25, 0.3) is 0 Å². The van der Waals surface area contributed by atoms with Crippen LogP contribution in [0.15, 0.2) is 12.2 Å². The number of nitriles is 1. The average Bonchev–Trinajstić information content (AvgIpc) is 2.74. The fraction of sp³-hybridized carbons (Fsp3) is 0.688. The van der Waals surface area contributed by atoms with E-state index >= 15 is 0 Å². The molecule has 0 bridgehead atoms. The Bertz CT molecular complexity index is 501. The molecule has 1 aliphatic rings. The van der Waals surface area contributed by atoms with Gasteiger partial charge in [-0.1, -0.05) is 12.2 Å². The topological polar surface area (TPSA) is 79.6 Å². The van der Waals surface area contributed by atoms with Gasteiger partial charge in [-0.3, -0.25) is 9.69 Å². The molecule has 0 aromatic carbocycles. The zero-order valence-corrected chi connectivity index (χ0v) is 13.9. The van der Waals surface area contributed by atoms with E-state index in [0.717, 1.165) is 5.57 Å². The summed E-state index contributed by atoms with van der Waals surface area (Å²) in [6.07, 6.45) is -0.495. The Hall–Kier alpha value is -2.03. The molecular formula is C16H24N2O4. The third-order valence-electron chi connectivity index (χ3n) is 3.65. The van der Waals surface area contributed by atoms with Crippen LogP contribution >= 0.6 is 0 Å². The number of hydrogen-bond donors (Lipinski definition) is 0. The summed E-state index contributed by atoms with van der Waals surface area (Å²) in [6, 6.07) is 1.39. The van der Waals surface area contributed by atoms with Crippen molar-refractivity contribution in [2.75, 3.05) is 13.7 Å². The van der Waals surface area contributed by atoms with Gasteiger partial charge in [-0.15, -0.1) is 0 Å². The molecule has 0 unspecified atom stereocenters. The van der Waals surface area contributed by atoms with Gasteiger partial charge in [-0.2, -0.15) is 5.26 Å². The molecular weight excluding hydrogens is 284 g/mol. The van der Waals surface area contributed by atoms with Gasteiger partial charge >= 0.3 is 12.1 Å². The molecule has 1 rings (SSSR count). The average molecular weight is 308 g/mol. The third-order valence-corrected chi connectivity index (χ3v) is 3.65. The maximum atomic E-state index is 12.1. The van der Waals surface area contributed by atoms with Crippen molar-refractivity contribution in [3.05, 3.63) is 12.2 Å².